The number of pyridine rings is 2. The van der Waals surface area contributed by atoms with Gasteiger partial charge in [-0.05, 0) is 24.0 Å². The van der Waals surface area contributed by atoms with Gasteiger partial charge in [0.05, 0.1) is 0 Å². The van der Waals surface area contributed by atoms with Crippen molar-refractivity contribution in [3.63, 3.8) is 0 Å². The van der Waals surface area contributed by atoms with Gasteiger partial charge in [-0.15, -0.1) is 0 Å². The van der Waals surface area contributed by atoms with Gasteiger partial charge < -0.3 is 43.8 Å². The van der Waals surface area contributed by atoms with Crippen molar-refractivity contribution >= 4 is 11.4 Å². The molecule has 6 heteroatoms. The Labute approximate surface area is 237 Å². The van der Waals surface area contributed by atoms with Gasteiger partial charge >= 0.3 is 0 Å². The molecule has 190 valence electrons. The average molecular weight is 612 g/mol. The molecule has 4 aromatic rings. The van der Waals surface area contributed by atoms with E-state index in [1.807, 2.05) is 0 Å². The van der Waals surface area contributed by atoms with E-state index in [0.717, 1.165) is 25.9 Å². The van der Waals surface area contributed by atoms with Crippen molar-refractivity contribution in [2.24, 2.45) is 0 Å². The number of aryl methyl sites for hydroxylation is 2. The van der Waals surface area contributed by atoms with E-state index in [1.165, 1.54) is 33.6 Å². The molecule has 0 saturated carbocycles. The van der Waals surface area contributed by atoms with Crippen LogP contribution in [0.15, 0.2) is 97.6 Å². The maximum atomic E-state index is 2.27. The SMILES string of the molecule is CN(C)c1cc[n+](Cc2ccc(CCc3ccc(C[n+]4ccc(N(C)C)cc4)cc3)cc2)cc1.[Br-].[Br-]. The Morgan fingerprint density at radius 3 is 1.00 bits per heavy atom. The van der Waals surface area contributed by atoms with Gasteiger partial charge in [0, 0.05) is 75.0 Å². The van der Waals surface area contributed by atoms with Crippen LogP contribution in [0.3, 0.4) is 0 Å². The molecule has 2 heterocycles. The molecule has 0 aliphatic rings. The molecule has 0 bridgehead atoms. The van der Waals surface area contributed by atoms with Crippen molar-refractivity contribution in [2.45, 2.75) is 25.9 Å². The summed E-state index contributed by atoms with van der Waals surface area (Å²) < 4.78 is 4.44. The van der Waals surface area contributed by atoms with Gasteiger partial charge in [-0.25, -0.2) is 9.13 Å². The van der Waals surface area contributed by atoms with E-state index in [-0.39, 0.29) is 34.0 Å². The first kappa shape index (κ1) is 29.5. The normalized spacial score (nSPS) is 10.2. The number of hydrogen-bond acceptors (Lipinski definition) is 2. The minimum Gasteiger partial charge on any atom is -1.00 e. The standard InChI is InChI=1S/C30H36N4.2BrH/c1-31(2)29-15-19-33(20-16-29)23-27-11-7-25(8-12-27)5-6-26-9-13-28(14-10-26)24-34-21-17-30(18-22-34)32(3)4;;/h7-22H,5-6,23-24H2,1-4H3;2*1H/q+2;;/p-2. The third-order valence-corrected chi connectivity index (χ3v) is 6.26. The van der Waals surface area contributed by atoms with Crippen LogP contribution in [-0.4, -0.2) is 28.2 Å². The Morgan fingerprint density at radius 2 is 0.722 bits per heavy atom. The molecular formula is C30H36Br2N4. The Bertz CT molecular complexity index is 1070. The first-order valence-corrected chi connectivity index (χ1v) is 11.9. The fourth-order valence-corrected chi connectivity index (χ4v) is 4.04. The lowest BCUT2D eigenvalue weighted by molar-refractivity contribution is -0.688. The minimum absolute atomic E-state index is 0. The summed E-state index contributed by atoms with van der Waals surface area (Å²) in [5.41, 5.74) is 7.86. The largest absolute Gasteiger partial charge is 1.00 e. The maximum Gasteiger partial charge on any atom is 0.173 e. The lowest BCUT2D eigenvalue weighted by Crippen LogP contribution is -3.00. The molecule has 0 N–H and O–H groups in total. The van der Waals surface area contributed by atoms with Crippen LogP contribution in [-0.2, 0) is 25.9 Å². The smallest absolute Gasteiger partial charge is 0.173 e. The lowest BCUT2D eigenvalue weighted by Gasteiger charge is -2.10. The van der Waals surface area contributed by atoms with E-state index in [2.05, 4.69) is 145 Å². The van der Waals surface area contributed by atoms with Gasteiger partial charge in [-0.2, -0.15) is 0 Å². The molecule has 0 saturated heterocycles. The van der Waals surface area contributed by atoms with Crippen molar-refractivity contribution in [1.82, 2.24) is 0 Å². The van der Waals surface area contributed by atoms with Gasteiger partial charge in [0.1, 0.15) is 0 Å². The highest BCUT2D eigenvalue weighted by atomic mass is 79.9. The monoisotopic (exact) mass is 610 g/mol. The van der Waals surface area contributed by atoms with Gasteiger partial charge in [0.15, 0.2) is 37.9 Å². The topological polar surface area (TPSA) is 14.2 Å². The fraction of sp³-hybridized carbons (Fsp3) is 0.267. The molecule has 0 radical (unpaired) electrons. The molecule has 4 rings (SSSR count). The van der Waals surface area contributed by atoms with Crippen LogP contribution in [0.25, 0.3) is 0 Å². The number of halogens is 2. The van der Waals surface area contributed by atoms with E-state index in [9.17, 15) is 0 Å². The highest BCUT2D eigenvalue weighted by Gasteiger charge is 2.06. The molecule has 0 atom stereocenters. The second-order valence-corrected chi connectivity index (χ2v) is 9.38. The molecule has 4 nitrogen and oxygen atoms in total. The van der Waals surface area contributed by atoms with E-state index < -0.39 is 0 Å². The van der Waals surface area contributed by atoms with E-state index in [4.69, 9.17) is 0 Å². The zero-order chi connectivity index (χ0) is 23.9. The molecule has 0 unspecified atom stereocenters. The number of nitrogens with zero attached hydrogens (tertiary/aromatic N) is 4. The van der Waals surface area contributed by atoms with Crippen LogP contribution in [0.1, 0.15) is 22.3 Å². The minimum atomic E-state index is 0. The van der Waals surface area contributed by atoms with Gasteiger partial charge in [0.25, 0.3) is 0 Å². The molecule has 0 aliphatic carbocycles. The van der Waals surface area contributed by atoms with Gasteiger partial charge in [-0.3, -0.25) is 0 Å². The molecule has 2 aromatic carbocycles. The van der Waals surface area contributed by atoms with Crippen LogP contribution < -0.4 is 52.9 Å². The highest BCUT2D eigenvalue weighted by molar-refractivity contribution is 5.42. The summed E-state index contributed by atoms with van der Waals surface area (Å²) in [4.78, 5) is 4.24. The zero-order valence-corrected chi connectivity index (χ0v) is 24.8. The van der Waals surface area contributed by atoms with Crippen LogP contribution >= 0.6 is 0 Å². The van der Waals surface area contributed by atoms with Crippen LogP contribution in [0.4, 0.5) is 11.4 Å². The second kappa shape index (κ2) is 14.1. The maximum absolute atomic E-state index is 2.27. The van der Waals surface area contributed by atoms with E-state index in [1.54, 1.807) is 0 Å². The average Bonchev–Trinajstić information content (AvgIpc) is 2.85. The fourth-order valence-electron chi connectivity index (χ4n) is 4.04. The zero-order valence-electron chi connectivity index (χ0n) is 21.6. The van der Waals surface area contributed by atoms with Crippen molar-refractivity contribution in [3.05, 3.63) is 120 Å². The predicted octanol–water partition coefficient (Wildman–Crippen LogP) is -1.72. The quantitative estimate of drug-likeness (QED) is 0.209. The van der Waals surface area contributed by atoms with Gasteiger partial charge in [-0.1, -0.05) is 48.5 Å². The summed E-state index contributed by atoms with van der Waals surface area (Å²) in [6.45, 7) is 1.79. The summed E-state index contributed by atoms with van der Waals surface area (Å²) in [5, 5.41) is 0. The summed E-state index contributed by atoms with van der Waals surface area (Å²) in [6, 6.07) is 26.7. The Balaban J connectivity index is 0.00000228. The highest BCUT2D eigenvalue weighted by Crippen LogP contribution is 2.12. The lowest BCUT2D eigenvalue weighted by atomic mass is 10.0. The molecule has 2 aromatic heterocycles. The first-order valence-electron chi connectivity index (χ1n) is 11.9. The van der Waals surface area contributed by atoms with E-state index in [0.29, 0.717) is 0 Å². The van der Waals surface area contributed by atoms with Crippen molar-refractivity contribution in [1.29, 1.82) is 0 Å². The molecule has 36 heavy (non-hydrogen) atoms. The number of benzene rings is 2. The number of anilines is 2. The van der Waals surface area contributed by atoms with Gasteiger partial charge in [0.2, 0.25) is 0 Å². The number of rotatable bonds is 9. The van der Waals surface area contributed by atoms with Crippen LogP contribution in [0.2, 0.25) is 0 Å². The third kappa shape index (κ3) is 8.45. The van der Waals surface area contributed by atoms with E-state index >= 15 is 0 Å². The molecule has 0 amide bonds. The summed E-state index contributed by atoms with van der Waals surface area (Å²) in [5.74, 6) is 0. The summed E-state index contributed by atoms with van der Waals surface area (Å²) in [7, 11) is 8.27. The molecule has 0 fully saturated rings. The second-order valence-electron chi connectivity index (χ2n) is 9.38. The van der Waals surface area contributed by atoms with Crippen molar-refractivity contribution in [2.75, 3.05) is 38.0 Å². The Morgan fingerprint density at radius 1 is 0.444 bits per heavy atom. The van der Waals surface area contributed by atoms with Crippen LogP contribution in [0, 0.1) is 0 Å². The third-order valence-electron chi connectivity index (χ3n) is 6.26. The predicted molar refractivity (Wildman–Crippen MR) is 140 cm³/mol. The Kier molecular flexibility index (Phi) is 11.6. The first-order chi connectivity index (χ1) is 16.5. The molecular weight excluding hydrogens is 576 g/mol. The number of aromatic nitrogens is 2. The number of hydrogen-bond donors (Lipinski definition) is 0. The molecule has 0 spiro atoms. The van der Waals surface area contributed by atoms with Crippen LogP contribution in [0.5, 0.6) is 0 Å². The van der Waals surface area contributed by atoms with Crippen molar-refractivity contribution in [3.8, 4) is 0 Å². The Hall–Kier alpha value is -2.70. The summed E-state index contributed by atoms with van der Waals surface area (Å²) in [6.07, 6.45) is 10.7. The van der Waals surface area contributed by atoms with Crippen molar-refractivity contribution < 1.29 is 43.1 Å². The molecule has 0 aliphatic heterocycles. The summed E-state index contributed by atoms with van der Waals surface area (Å²) >= 11 is 0.